The largest absolute Gasteiger partial charge is 0.357 e. The average molecular weight is 235 g/mol. The number of hydrogen-bond donors (Lipinski definition) is 2. The summed E-state index contributed by atoms with van der Waals surface area (Å²) in [6.07, 6.45) is 3.85. The van der Waals surface area contributed by atoms with E-state index in [0.717, 1.165) is 24.8 Å². The third-order valence-electron chi connectivity index (χ3n) is 3.22. The molecule has 2 N–H and O–H groups in total. The molecule has 0 radical (unpaired) electrons. The van der Waals surface area contributed by atoms with Gasteiger partial charge in [0.05, 0.1) is 5.56 Å². The summed E-state index contributed by atoms with van der Waals surface area (Å²) in [6.45, 7) is 4.29. The molecule has 0 atom stereocenters. The Morgan fingerprint density at radius 3 is 2.71 bits per heavy atom. The maximum atomic E-state index is 11.1. The highest BCUT2D eigenvalue weighted by molar-refractivity contribution is 5.93. The number of rotatable bonds is 2. The van der Waals surface area contributed by atoms with Crippen LogP contribution in [0.1, 0.15) is 30.1 Å². The van der Waals surface area contributed by atoms with Gasteiger partial charge in [-0.1, -0.05) is 6.92 Å². The molecule has 1 saturated heterocycles. The minimum atomic E-state index is -0.531. The van der Waals surface area contributed by atoms with Crippen LogP contribution in [0.3, 0.4) is 0 Å². The van der Waals surface area contributed by atoms with Crippen LogP contribution in [0.5, 0.6) is 0 Å². The van der Waals surface area contributed by atoms with Crippen LogP contribution in [0.15, 0.2) is 18.3 Å². The average Bonchev–Trinajstić information content (AvgIpc) is 2.39. The van der Waals surface area contributed by atoms with Crippen LogP contribution in [0.25, 0.3) is 0 Å². The molecular formula is C12H17N3O2. The van der Waals surface area contributed by atoms with Gasteiger partial charge in [0.25, 0.3) is 5.91 Å². The number of anilines is 1. The molecule has 0 unspecified atom stereocenters. The van der Waals surface area contributed by atoms with Crippen molar-refractivity contribution < 1.29 is 10.0 Å². The standard InChI is InChI=1S/C12H17N3O2/c1-9-4-6-15(7-5-9)11-3-2-10(8-13-11)12(16)14-17/h2-3,8-9,17H,4-7H2,1H3,(H,14,16). The summed E-state index contributed by atoms with van der Waals surface area (Å²) in [6, 6.07) is 3.49. The Kier molecular flexibility index (Phi) is 3.58. The number of hydrogen-bond acceptors (Lipinski definition) is 4. The zero-order valence-corrected chi connectivity index (χ0v) is 9.89. The molecule has 5 heteroatoms. The first-order valence-electron chi connectivity index (χ1n) is 5.86. The van der Waals surface area contributed by atoms with Crippen LogP contribution < -0.4 is 10.4 Å². The van der Waals surface area contributed by atoms with Crippen LogP contribution in [0.2, 0.25) is 0 Å². The first-order chi connectivity index (χ1) is 8.20. The quantitative estimate of drug-likeness (QED) is 0.601. The molecule has 0 saturated carbocycles. The van der Waals surface area contributed by atoms with E-state index in [2.05, 4.69) is 16.8 Å². The van der Waals surface area contributed by atoms with Crippen molar-refractivity contribution in [2.75, 3.05) is 18.0 Å². The lowest BCUT2D eigenvalue weighted by Crippen LogP contribution is -2.33. The van der Waals surface area contributed by atoms with Gasteiger partial charge in [0.2, 0.25) is 0 Å². The highest BCUT2D eigenvalue weighted by Gasteiger charge is 2.17. The summed E-state index contributed by atoms with van der Waals surface area (Å²) in [4.78, 5) is 17.6. The number of amides is 1. The van der Waals surface area contributed by atoms with E-state index in [9.17, 15) is 4.79 Å². The number of aromatic nitrogens is 1. The molecule has 1 fully saturated rings. The highest BCUT2D eigenvalue weighted by atomic mass is 16.5. The van der Waals surface area contributed by atoms with Crippen LogP contribution >= 0.6 is 0 Å². The van der Waals surface area contributed by atoms with E-state index in [1.165, 1.54) is 19.0 Å². The van der Waals surface area contributed by atoms with E-state index in [1.54, 1.807) is 11.5 Å². The summed E-state index contributed by atoms with van der Waals surface area (Å²) >= 11 is 0. The SMILES string of the molecule is CC1CCN(c2ccc(C(=O)NO)cn2)CC1. The van der Waals surface area contributed by atoms with Gasteiger partial charge in [-0.15, -0.1) is 0 Å². The van der Waals surface area contributed by atoms with Crippen LogP contribution in [0.4, 0.5) is 5.82 Å². The van der Waals surface area contributed by atoms with E-state index in [0.29, 0.717) is 5.56 Å². The Bertz CT molecular complexity index is 383. The van der Waals surface area contributed by atoms with Gasteiger partial charge in [-0.25, -0.2) is 10.5 Å². The minimum Gasteiger partial charge on any atom is -0.357 e. The topological polar surface area (TPSA) is 65.5 Å². The Morgan fingerprint density at radius 1 is 1.47 bits per heavy atom. The fourth-order valence-corrected chi connectivity index (χ4v) is 2.01. The minimum absolute atomic E-state index is 0.363. The predicted molar refractivity (Wildman–Crippen MR) is 64.1 cm³/mol. The first-order valence-corrected chi connectivity index (χ1v) is 5.86. The van der Waals surface area contributed by atoms with E-state index >= 15 is 0 Å². The molecule has 1 aliphatic heterocycles. The molecule has 0 spiro atoms. The highest BCUT2D eigenvalue weighted by Crippen LogP contribution is 2.21. The number of nitrogens with zero attached hydrogens (tertiary/aromatic N) is 2. The Labute approximate surface area is 100 Å². The molecule has 17 heavy (non-hydrogen) atoms. The monoisotopic (exact) mass is 235 g/mol. The molecule has 2 rings (SSSR count). The van der Waals surface area contributed by atoms with Gasteiger partial charge in [-0.05, 0) is 30.9 Å². The molecule has 1 aliphatic rings. The van der Waals surface area contributed by atoms with Gasteiger partial charge in [-0.3, -0.25) is 10.0 Å². The Balaban J connectivity index is 2.05. The van der Waals surface area contributed by atoms with Crippen molar-refractivity contribution >= 4 is 11.7 Å². The molecule has 1 aromatic heterocycles. The Morgan fingerprint density at radius 2 is 2.18 bits per heavy atom. The van der Waals surface area contributed by atoms with Gasteiger partial charge >= 0.3 is 0 Å². The lowest BCUT2D eigenvalue weighted by atomic mass is 9.99. The molecule has 0 aliphatic carbocycles. The summed E-state index contributed by atoms with van der Waals surface area (Å²) < 4.78 is 0. The lowest BCUT2D eigenvalue weighted by molar-refractivity contribution is 0.0706. The van der Waals surface area contributed by atoms with E-state index < -0.39 is 5.91 Å². The molecule has 2 heterocycles. The van der Waals surface area contributed by atoms with Crippen molar-refractivity contribution in [3.63, 3.8) is 0 Å². The second kappa shape index (κ2) is 5.14. The molecule has 5 nitrogen and oxygen atoms in total. The normalized spacial score (nSPS) is 16.9. The van der Waals surface area contributed by atoms with E-state index in [4.69, 9.17) is 5.21 Å². The molecule has 92 valence electrons. The number of carbonyl (C=O) groups excluding carboxylic acids is 1. The van der Waals surface area contributed by atoms with E-state index in [1.807, 2.05) is 6.07 Å². The third kappa shape index (κ3) is 2.74. The van der Waals surface area contributed by atoms with Gasteiger partial charge in [0, 0.05) is 19.3 Å². The smallest absolute Gasteiger partial charge is 0.276 e. The number of pyridine rings is 1. The molecule has 0 aromatic carbocycles. The molecule has 1 aromatic rings. The van der Waals surface area contributed by atoms with Crippen molar-refractivity contribution in [3.05, 3.63) is 23.9 Å². The van der Waals surface area contributed by atoms with Gasteiger partial charge in [0.1, 0.15) is 5.82 Å². The second-order valence-electron chi connectivity index (χ2n) is 4.52. The van der Waals surface area contributed by atoms with Gasteiger partial charge < -0.3 is 4.90 Å². The van der Waals surface area contributed by atoms with Crippen LogP contribution in [0, 0.1) is 5.92 Å². The van der Waals surface area contributed by atoms with Gasteiger partial charge in [-0.2, -0.15) is 0 Å². The summed E-state index contributed by atoms with van der Waals surface area (Å²) in [5.74, 6) is 1.15. The zero-order chi connectivity index (χ0) is 12.3. The third-order valence-corrected chi connectivity index (χ3v) is 3.22. The van der Waals surface area contributed by atoms with E-state index in [-0.39, 0.29) is 0 Å². The fourth-order valence-electron chi connectivity index (χ4n) is 2.01. The number of nitrogens with one attached hydrogen (secondary N) is 1. The van der Waals surface area contributed by atoms with Gasteiger partial charge in [0.15, 0.2) is 0 Å². The molecule has 0 bridgehead atoms. The maximum Gasteiger partial charge on any atom is 0.276 e. The lowest BCUT2D eigenvalue weighted by Gasteiger charge is -2.31. The first kappa shape index (κ1) is 11.9. The van der Waals surface area contributed by atoms with Crippen molar-refractivity contribution in [2.24, 2.45) is 5.92 Å². The number of hydroxylamine groups is 1. The second-order valence-corrected chi connectivity index (χ2v) is 4.52. The van der Waals surface area contributed by atoms with Crippen molar-refractivity contribution in [1.29, 1.82) is 0 Å². The Hall–Kier alpha value is -1.62. The fraction of sp³-hybridized carbons (Fsp3) is 0.500. The predicted octanol–water partition coefficient (Wildman–Crippen LogP) is 1.44. The maximum absolute atomic E-state index is 11.1. The van der Waals surface area contributed by atoms with Crippen molar-refractivity contribution in [1.82, 2.24) is 10.5 Å². The number of piperidine rings is 1. The summed E-state index contributed by atoms with van der Waals surface area (Å²) in [7, 11) is 0. The molecular weight excluding hydrogens is 218 g/mol. The van der Waals surface area contributed by atoms with Crippen molar-refractivity contribution in [2.45, 2.75) is 19.8 Å². The van der Waals surface area contributed by atoms with Crippen molar-refractivity contribution in [3.8, 4) is 0 Å². The summed E-state index contributed by atoms with van der Waals surface area (Å²) in [5.41, 5.74) is 1.96. The van der Waals surface area contributed by atoms with Crippen LogP contribution in [-0.4, -0.2) is 29.2 Å². The zero-order valence-electron chi connectivity index (χ0n) is 9.89. The number of carbonyl (C=O) groups is 1. The molecule has 1 amide bonds. The van der Waals surface area contributed by atoms with Crippen LogP contribution in [-0.2, 0) is 0 Å². The summed E-state index contributed by atoms with van der Waals surface area (Å²) in [5, 5.41) is 8.50.